The van der Waals surface area contributed by atoms with Gasteiger partial charge in [-0.25, -0.2) is 0 Å². The average Bonchev–Trinajstić information content (AvgIpc) is 3.36. The Morgan fingerprint density at radius 1 is 0.473 bits per heavy atom. The molecule has 0 aliphatic rings. The lowest BCUT2D eigenvalue weighted by atomic mass is 10.0. The van der Waals surface area contributed by atoms with Gasteiger partial charge in [0.05, 0.1) is 33.8 Å². The molecular weight excluding hydrogens is 940 g/mol. The van der Waals surface area contributed by atoms with E-state index in [1.165, 1.54) is 141 Å². The quantitative estimate of drug-likeness (QED) is 0.0212. The normalized spacial score (nSPS) is 14.2. The van der Waals surface area contributed by atoms with Crippen molar-refractivity contribution >= 4 is 19.7 Å². The average molecular weight is 1060 g/mol. The molecule has 0 aliphatic carbocycles. The lowest BCUT2D eigenvalue weighted by molar-refractivity contribution is -0.870. The number of phosphoric ester groups is 1. The number of unbranched alkanes of at least 4 members (excludes halogenated alkanes) is 29. The Balaban J connectivity index is 5.35. The van der Waals surface area contributed by atoms with Gasteiger partial charge in [-0.2, -0.15) is 0 Å². The number of allylic oxidation sites excluding steroid dienone is 11. The van der Waals surface area contributed by atoms with Gasteiger partial charge in [-0.1, -0.05) is 229 Å². The van der Waals surface area contributed by atoms with Crippen molar-refractivity contribution in [1.82, 2.24) is 5.32 Å². The van der Waals surface area contributed by atoms with Crippen LogP contribution in [0.1, 0.15) is 271 Å². The van der Waals surface area contributed by atoms with Crippen LogP contribution in [0.15, 0.2) is 72.9 Å². The van der Waals surface area contributed by atoms with Crippen molar-refractivity contribution in [1.29, 1.82) is 0 Å². The fraction of sp³-hybridized carbons (Fsp3) is 0.781. The Morgan fingerprint density at radius 3 is 1.28 bits per heavy atom. The largest absolute Gasteiger partial charge is 0.756 e. The van der Waals surface area contributed by atoms with Gasteiger partial charge >= 0.3 is 5.97 Å². The highest BCUT2D eigenvalue weighted by atomic mass is 31.2. The Kier molecular flexibility index (Phi) is 52.0. The van der Waals surface area contributed by atoms with E-state index in [0.717, 1.165) is 89.9 Å². The van der Waals surface area contributed by atoms with Gasteiger partial charge < -0.3 is 28.5 Å². The number of carbonyl (C=O) groups excluding carboxylic acids is 2. The van der Waals surface area contributed by atoms with Crippen LogP contribution in [-0.2, 0) is 27.9 Å². The molecule has 0 bridgehead atoms. The van der Waals surface area contributed by atoms with Crippen LogP contribution in [0.25, 0.3) is 0 Å². The highest BCUT2D eigenvalue weighted by Crippen LogP contribution is 2.38. The number of phosphoric acid groups is 1. The van der Waals surface area contributed by atoms with Crippen LogP contribution in [0.2, 0.25) is 0 Å². The van der Waals surface area contributed by atoms with E-state index in [9.17, 15) is 19.0 Å². The molecule has 0 aromatic rings. The minimum absolute atomic E-state index is 0.0315. The van der Waals surface area contributed by atoms with E-state index in [-0.39, 0.29) is 31.3 Å². The van der Waals surface area contributed by atoms with Crippen LogP contribution < -0.4 is 10.2 Å². The third-order valence-corrected chi connectivity index (χ3v) is 14.3. The molecule has 0 spiro atoms. The molecule has 74 heavy (non-hydrogen) atoms. The molecule has 9 nitrogen and oxygen atoms in total. The van der Waals surface area contributed by atoms with Gasteiger partial charge in [-0.05, 0) is 102 Å². The van der Waals surface area contributed by atoms with Crippen molar-refractivity contribution in [3.63, 3.8) is 0 Å². The van der Waals surface area contributed by atoms with Gasteiger partial charge in [0.15, 0.2) is 0 Å². The Hall–Kier alpha value is -2.55. The maximum atomic E-state index is 13.5. The van der Waals surface area contributed by atoms with E-state index in [2.05, 4.69) is 86.8 Å². The summed E-state index contributed by atoms with van der Waals surface area (Å²) in [5.74, 6) is -0.580. The van der Waals surface area contributed by atoms with Crippen molar-refractivity contribution in [2.75, 3.05) is 40.9 Å². The molecular formula is C64H117N2O7P. The molecule has 0 rings (SSSR count). The second kappa shape index (κ2) is 53.8. The molecule has 430 valence electrons. The smallest absolute Gasteiger partial charge is 0.306 e. The van der Waals surface area contributed by atoms with Crippen LogP contribution >= 0.6 is 7.82 Å². The van der Waals surface area contributed by atoms with E-state index in [0.29, 0.717) is 17.4 Å². The molecule has 0 saturated carbocycles. The van der Waals surface area contributed by atoms with E-state index in [1.54, 1.807) is 0 Å². The molecule has 0 fully saturated rings. The number of quaternary nitrogens is 1. The number of ether oxygens (including phenoxy) is 1. The molecule has 0 saturated heterocycles. The topological polar surface area (TPSA) is 114 Å². The number of hydrogen-bond acceptors (Lipinski definition) is 7. The summed E-state index contributed by atoms with van der Waals surface area (Å²) in [6, 6.07) is -0.909. The predicted octanol–water partition coefficient (Wildman–Crippen LogP) is 18.2. The second-order valence-electron chi connectivity index (χ2n) is 21.8. The number of rotatable bonds is 55. The lowest BCUT2D eigenvalue weighted by Gasteiger charge is -2.30. The molecule has 1 amide bonds. The predicted molar refractivity (Wildman–Crippen MR) is 316 cm³/mol. The minimum Gasteiger partial charge on any atom is -0.756 e. The first-order valence-electron chi connectivity index (χ1n) is 30.7. The zero-order valence-corrected chi connectivity index (χ0v) is 49.9. The molecule has 10 heteroatoms. The fourth-order valence-electron chi connectivity index (χ4n) is 8.56. The zero-order chi connectivity index (χ0) is 54.3. The highest BCUT2D eigenvalue weighted by Gasteiger charge is 2.27. The summed E-state index contributed by atoms with van der Waals surface area (Å²) < 4.78 is 30.3. The minimum atomic E-state index is -4.71. The number of hydrogen-bond donors (Lipinski definition) is 1. The molecule has 0 radical (unpaired) electrons. The van der Waals surface area contributed by atoms with Crippen LogP contribution in [0.4, 0.5) is 0 Å². The zero-order valence-electron chi connectivity index (χ0n) is 49.0. The monoisotopic (exact) mass is 1060 g/mol. The second-order valence-corrected chi connectivity index (χ2v) is 23.3. The Labute approximate surface area is 457 Å². The van der Waals surface area contributed by atoms with Crippen LogP contribution in [0.3, 0.4) is 0 Å². The molecule has 0 aromatic carbocycles. The highest BCUT2D eigenvalue weighted by molar-refractivity contribution is 7.45. The molecule has 3 unspecified atom stereocenters. The summed E-state index contributed by atoms with van der Waals surface area (Å²) in [6.07, 6.45) is 68.6. The number of nitrogens with zero attached hydrogens (tertiary/aromatic N) is 1. The molecule has 0 aromatic heterocycles. The number of likely N-dealkylation sites (N-methyl/N-ethyl adjacent to an activating group) is 1. The van der Waals surface area contributed by atoms with E-state index in [1.807, 2.05) is 33.3 Å². The summed E-state index contributed by atoms with van der Waals surface area (Å²) in [5.41, 5.74) is 0. The van der Waals surface area contributed by atoms with Crippen molar-refractivity contribution in [2.45, 2.75) is 283 Å². The van der Waals surface area contributed by atoms with Gasteiger partial charge in [-0.15, -0.1) is 0 Å². The maximum absolute atomic E-state index is 13.5. The molecule has 3 atom stereocenters. The first-order valence-corrected chi connectivity index (χ1v) is 32.2. The van der Waals surface area contributed by atoms with Crippen LogP contribution in [0.5, 0.6) is 0 Å². The molecule has 1 N–H and O–H groups in total. The first kappa shape index (κ1) is 71.5. The third-order valence-electron chi connectivity index (χ3n) is 13.4. The van der Waals surface area contributed by atoms with Crippen molar-refractivity contribution in [2.24, 2.45) is 0 Å². The molecule has 0 heterocycles. The first-order chi connectivity index (χ1) is 35.9. The maximum Gasteiger partial charge on any atom is 0.306 e. The summed E-state index contributed by atoms with van der Waals surface area (Å²) in [7, 11) is 1.16. The van der Waals surface area contributed by atoms with Crippen LogP contribution in [-0.4, -0.2) is 69.4 Å². The van der Waals surface area contributed by atoms with Crippen molar-refractivity contribution in [3.8, 4) is 0 Å². The SMILES string of the molecule is CCCCC/C=C\C/C=C\C/C=C\C/C=C\CCCCCC(=O)NC(COP(=O)([O-])OCC[N+](C)(C)C)C(/C=C/CCCCCCCCCCCC)OC(=O)CCCCCCCCC/C=C/CCCCCCCC. The van der Waals surface area contributed by atoms with Crippen molar-refractivity contribution in [3.05, 3.63) is 72.9 Å². The number of carbonyl (C=O) groups is 2. The number of esters is 1. The third kappa shape index (κ3) is 54.2. The Bertz CT molecular complexity index is 1500. The Morgan fingerprint density at radius 2 is 0.824 bits per heavy atom. The molecule has 0 aliphatic heterocycles. The van der Waals surface area contributed by atoms with Crippen LogP contribution in [0, 0.1) is 0 Å². The standard InChI is InChI=1S/C64H117N2O7P/c1-7-10-13-16-19-22-25-28-30-32-33-35-36-38-41-44-47-50-53-56-63(67)65-61(60-72-74(69,70)71-59-58-66(4,5)6)62(55-52-49-46-43-40-27-24-21-18-15-12-9-3)73-64(68)57-54-51-48-45-42-39-37-34-31-29-26-23-20-17-14-11-8-2/h19,22,28-31,33,35,38,41,52,55,61-62H,7-18,20-21,23-27,32,34,36-37,39-40,42-51,53-54,56-60H2,1-6H3,(H-,65,67,69,70)/b22-19-,30-28-,31-29+,35-33-,41-38-,55-52+. The van der Waals surface area contributed by atoms with Gasteiger partial charge in [0.2, 0.25) is 5.91 Å². The van der Waals surface area contributed by atoms with E-state index < -0.39 is 26.6 Å². The van der Waals surface area contributed by atoms with Crippen molar-refractivity contribution < 1.29 is 37.3 Å². The van der Waals surface area contributed by atoms with E-state index in [4.69, 9.17) is 13.8 Å². The summed E-state index contributed by atoms with van der Waals surface area (Å²) >= 11 is 0. The fourth-order valence-corrected chi connectivity index (χ4v) is 9.28. The van der Waals surface area contributed by atoms with Gasteiger partial charge in [-0.3, -0.25) is 14.2 Å². The van der Waals surface area contributed by atoms with Gasteiger partial charge in [0.25, 0.3) is 7.82 Å². The van der Waals surface area contributed by atoms with Gasteiger partial charge in [0.1, 0.15) is 19.3 Å². The van der Waals surface area contributed by atoms with Gasteiger partial charge in [0, 0.05) is 12.8 Å². The summed E-state index contributed by atoms with van der Waals surface area (Å²) in [5, 5.41) is 3.01. The number of nitrogens with one attached hydrogen (secondary N) is 1. The lowest BCUT2D eigenvalue weighted by Crippen LogP contribution is -2.47. The summed E-state index contributed by atoms with van der Waals surface area (Å²) in [4.78, 5) is 39.9. The van der Waals surface area contributed by atoms with E-state index >= 15 is 0 Å². The summed E-state index contributed by atoms with van der Waals surface area (Å²) in [6.45, 7) is 6.79. The number of amides is 1.